The number of aryl methyl sites for hydroxylation is 1. The Bertz CT molecular complexity index is 460. The van der Waals surface area contributed by atoms with E-state index in [0.717, 1.165) is 18.4 Å². The summed E-state index contributed by atoms with van der Waals surface area (Å²) in [5.74, 6) is 0.528. The van der Waals surface area contributed by atoms with Crippen LogP contribution in [0.3, 0.4) is 0 Å². The van der Waals surface area contributed by atoms with Crippen molar-refractivity contribution in [1.82, 2.24) is 4.72 Å². The zero-order valence-electron chi connectivity index (χ0n) is 9.60. The molecule has 1 N–H and O–H groups in total. The molecule has 0 saturated heterocycles. The lowest BCUT2D eigenvalue weighted by molar-refractivity contribution is 0.538. The van der Waals surface area contributed by atoms with E-state index in [9.17, 15) is 8.42 Å². The Morgan fingerprint density at radius 1 is 1.25 bits per heavy atom. The lowest BCUT2D eigenvalue weighted by Crippen LogP contribution is -2.33. The molecule has 0 amide bonds. The molecule has 4 heteroatoms. The van der Waals surface area contributed by atoms with Gasteiger partial charge in [0.05, 0.1) is 4.90 Å². The third kappa shape index (κ3) is 2.62. The van der Waals surface area contributed by atoms with Gasteiger partial charge in [0.25, 0.3) is 0 Å². The Balaban J connectivity index is 2.14. The quantitative estimate of drug-likeness (QED) is 0.874. The van der Waals surface area contributed by atoms with Crippen LogP contribution in [0, 0.1) is 12.8 Å². The van der Waals surface area contributed by atoms with Gasteiger partial charge in [0.1, 0.15) is 0 Å². The highest BCUT2D eigenvalue weighted by molar-refractivity contribution is 7.89. The third-order valence-corrected chi connectivity index (χ3v) is 4.58. The fourth-order valence-corrected chi connectivity index (χ4v) is 3.04. The van der Waals surface area contributed by atoms with Crippen LogP contribution < -0.4 is 4.72 Å². The van der Waals surface area contributed by atoms with Crippen LogP contribution in [0.25, 0.3) is 0 Å². The summed E-state index contributed by atoms with van der Waals surface area (Å²) in [6.07, 6.45) is 2.27. The summed E-state index contributed by atoms with van der Waals surface area (Å²) in [6.45, 7) is 3.88. The van der Waals surface area contributed by atoms with Gasteiger partial charge < -0.3 is 0 Å². The predicted octanol–water partition coefficient (Wildman–Crippen LogP) is 2.07. The third-order valence-electron chi connectivity index (χ3n) is 3.00. The molecule has 3 nitrogen and oxygen atoms in total. The van der Waals surface area contributed by atoms with Gasteiger partial charge in [0.15, 0.2) is 0 Å². The van der Waals surface area contributed by atoms with Gasteiger partial charge in [-0.05, 0) is 44.7 Å². The van der Waals surface area contributed by atoms with E-state index in [1.54, 1.807) is 12.1 Å². The van der Waals surface area contributed by atoms with Crippen LogP contribution in [0.4, 0.5) is 0 Å². The molecule has 1 aromatic carbocycles. The van der Waals surface area contributed by atoms with Crippen molar-refractivity contribution in [2.75, 3.05) is 0 Å². The van der Waals surface area contributed by atoms with Crippen LogP contribution in [0.2, 0.25) is 0 Å². The number of rotatable bonds is 4. The first kappa shape index (κ1) is 11.6. The minimum Gasteiger partial charge on any atom is -0.208 e. The SMILES string of the molecule is Cc1ccc(S(=O)(=O)N[C@H](C)C2CC2)cc1. The van der Waals surface area contributed by atoms with E-state index in [4.69, 9.17) is 0 Å². The van der Waals surface area contributed by atoms with E-state index in [1.807, 2.05) is 26.0 Å². The zero-order chi connectivity index (χ0) is 11.8. The minimum absolute atomic E-state index is 0.0475. The van der Waals surface area contributed by atoms with Gasteiger partial charge in [-0.3, -0.25) is 0 Å². The molecule has 0 bridgehead atoms. The molecule has 88 valence electrons. The Morgan fingerprint density at radius 3 is 2.31 bits per heavy atom. The molecule has 1 aliphatic carbocycles. The number of sulfonamides is 1. The highest BCUT2D eigenvalue weighted by atomic mass is 32.2. The standard InChI is InChI=1S/C12H17NO2S/c1-9-3-7-12(8-4-9)16(14,15)13-10(2)11-5-6-11/h3-4,7-8,10-11,13H,5-6H2,1-2H3/t10-/m1/s1. The lowest BCUT2D eigenvalue weighted by Gasteiger charge is -2.13. The summed E-state index contributed by atoms with van der Waals surface area (Å²) in [5, 5.41) is 0. The van der Waals surface area contributed by atoms with Crippen LogP contribution in [0.5, 0.6) is 0 Å². The first-order valence-corrected chi connectivity index (χ1v) is 7.06. The molecule has 0 aromatic heterocycles. The topological polar surface area (TPSA) is 46.2 Å². The van der Waals surface area contributed by atoms with Crippen molar-refractivity contribution in [1.29, 1.82) is 0 Å². The van der Waals surface area contributed by atoms with Crippen molar-refractivity contribution < 1.29 is 8.42 Å². The maximum Gasteiger partial charge on any atom is 0.240 e. The average molecular weight is 239 g/mol. The second-order valence-corrected chi connectivity index (χ2v) is 6.27. The van der Waals surface area contributed by atoms with Crippen LogP contribution in [0.15, 0.2) is 29.2 Å². The van der Waals surface area contributed by atoms with E-state index in [1.165, 1.54) is 0 Å². The molecule has 0 radical (unpaired) electrons. The highest BCUT2D eigenvalue weighted by Crippen LogP contribution is 2.32. The van der Waals surface area contributed by atoms with E-state index < -0.39 is 10.0 Å². The molecule has 0 aliphatic heterocycles. The molecule has 0 unspecified atom stereocenters. The van der Waals surface area contributed by atoms with Crippen molar-refractivity contribution in [3.8, 4) is 0 Å². The summed E-state index contributed by atoms with van der Waals surface area (Å²) < 4.78 is 26.7. The van der Waals surface area contributed by atoms with Gasteiger partial charge in [-0.25, -0.2) is 13.1 Å². The summed E-state index contributed by atoms with van der Waals surface area (Å²) in [5.41, 5.74) is 1.06. The first-order chi connectivity index (χ1) is 7.49. The molecule has 0 spiro atoms. The van der Waals surface area contributed by atoms with Crippen LogP contribution in [-0.2, 0) is 10.0 Å². The molecule has 16 heavy (non-hydrogen) atoms. The Morgan fingerprint density at radius 2 is 1.81 bits per heavy atom. The summed E-state index contributed by atoms with van der Waals surface area (Å²) in [4.78, 5) is 0.352. The number of benzene rings is 1. The van der Waals surface area contributed by atoms with Crippen molar-refractivity contribution in [3.05, 3.63) is 29.8 Å². The van der Waals surface area contributed by atoms with Crippen LogP contribution >= 0.6 is 0 Å². The van der Waals surface area contributed by atoms with Gasteiger partial charge >= 0.3 is 0 Å². The van der Waals surface area contributed by atoms with E-state index in [2.05, 4.69) is 4.72 Å². The van der Waals surface area contributed by atoms with E-state index >= 15 is 0 Å². The summed E-state index contributed by atoms with van der Waals surface area (Å²) >= 11 is 0. The van der Waals surface area contributed by atoms with E-state index in [0.29, 0.717) is 10.8 Å². The average Bonchev–Trinajstić information content (AvgIpc) is 3.00. The Labute approximate surface area is 96.9 Å². The maximum absolute atomic E-state index is 12.0. The second kappa shape index (κ2) is 4.18. The van der Waals surface area contributed by atoms with Crippen molar-refractivity contribution in [3.63, 3.8) is 0 Å². The maximum atomic E-state index is 12.0. The minimum atomic E-state index is -3.33. The fraction of sp³-hybridized carbons (Fsp3) is 0.500. The van der Waals surface area contributed by atoms with Crippen LogP contribution in [0.1, 0.15) is 25.3 Å². The molecule has 2 rings (SSSR count). The van der Waals surface area contributed by atoms with Gasteiger partial charge in [-0.1, -0.05) is 17.7 Å². The monoisotopic (exact) mass is 239 g/mol. The van der Waals surface area contributed by atoms with Gasteiger partial charge in [0.2, 0.25) is 10.0 Å². The number of hydrogen-bond donors (Lipinski definition) is 1. The van der Waals surface area contributed by atoms with Gasteiger partial charge in [0, 0.05) is 6.04 Å². The molecule has 1 atom stereocenters. The number of nitrogens with one attached hydrogen (secondary N) is 1. The molecular weight excluding hydrogens is 222 g/mol. The fourth-order valence-electron chi connectivity index (χ4n) is 1.72. The largest absolute Gasteiger partial charge is 0.240 e. The van der Waals surface area contributed by atoms with Crippen molar-refractivity contribution in [2.24, 2.45) is 5.92 Å². The smallest absolute Gasteiger partial charge is 0.208 e. The summed E-state index contributed by atoms with van der Waals surface area (Å²) in [6, 6.07) is 6.98. The van der Waals surface area contributed by atoms with Gasteiger partial charge in [-0.15, -0.1) is 0 Å². The van der Waals surface area contributed by atoms with Crippen molar-refractivity contribution >= 4 is 10.0 Å². The van der Waals surface area contributed by atoms with Crippen molar-refractivity contribution in [2.45, 2.75) is 37.6 Å². The molecule has 1 aliphatic rings. The molecular formula is C12H17NO2S. The first-order valence-electron chi connectivity index (χ1n) is 5.58. The molecule has 0 heterocycles. The summed E-state index contributed by atoms with van der Waals surface area (Å²) in [7, 11) is -3.33. The zero-order valence-corrected chi connectivity index (χ0v) is 10.4. The van der Waals surface area contributed by atoms with E-state index in [-0.39, 0.29) is 6.04 Å². The Kier molecular flexibility index (Phi) is 3.04. The second-order valence-electron chi connectivity index (χ2n) is 4.56. The Hall–Kier alpha value is -0.870. The molecule has 1 saturated carbocycles. The predicted molar refractivity (Wildman–Crippen MR) is 63.7 cm³/mol. The van der Waals surface area contributed by atoms with Gasteiger partial charge in [-0.2, -0.15) is 0 Å². The molecule has 1 fully saturated rings. The highest BCUT2D eigenvalue weighted by Gasteiger charge is 2.31. The molecule has 1 aromatic rings. The lowest BCUT2D eigenvalue weighted by atomic mass is 10.2. The number of hydrogen-bond acceptors (Lipinski definition) is 2. The normalized spacial score (nSPS) is 18.4. The van der Waals surface area contributed by atoms with Crippen LogP contribution in [-0.4, -0.2) is 14.5 Å².